The second-order valence-corrected chi connectivity index (χ2v) is 6.11. The predicted molar refractivity (Wildman–Crippen MR) is 80.5 cm³/mol. The number of nitrogens with one attached hydrogen (secondary N) is 1. The topological polar surface area (TPSA) is 35.5 Å². The Morgan fingerprint density at radius 3 is 2.58 bits per heavy atom. The first-order valence-corrected chi connectivity index (χ1v) is 7.28. The van der Waals surface area contributed by atoms with Crippen LogP contribution >= 0.6 is 0 Å². The molecule has 0 bridgehead atoms. The number of benzene rings is 1. The molecule has 2 N–H and O–H groups in total. The fraction of sp³-hybridized carbons (Fsp3) is 0.625. The van der Waals surface area contributed by atoms with Gasteiger partial charge in [0.2, 0.25) is 0 Å². The van der Waals surface area contributed by atoms with Crippen LogP contribution in [0.3, 0.4) is 0 Å². The van der Waals surface area contributed by atoms with Gasteiger partial charge in [-0.1, -0.05) is 18.2 Å². The third kappa shape index (κ3) is 4.51. The van der Waals surface area contributed by atoms with E-state index in [2.05, 4.69) is 41.4 Å². The Balaban J connectivity index is 2.10. The standard InChI is InChI=1S/C16H26N2O/c1-4-18(12-16(2,3)19)15-8-6-5-7-13(15)11-17-14-9-10-14/h5-8,14,17,19H,4,9-12H2,1-3H3. The summed E-state index contributed by atoms with van der Waals surface area (Å²) in [6, 6.07) is 9.21. The Labute approximate surface area is 116 Å². The van der Waals surface area contributed by atoms with Crippen molar-refractivity contribution in [2.75, 3.05) is 18.0 Å². The quantitative estimate of drug-likeness (QED) is 0.792. The van der Waals surface area contributed by atoms with Crippen LogP contribution in [-0.2, 0) is 6.54 Å². The molecule has 1 aromatic carbocycles. The van der Waals surface area contributed by atoms with E-state index in [0.29, 0.717) is 6.54 Å². The third-order valence-electron chi connectivity index (χ3n) is 3.45. The first kappa shape index (κ1) is 14.4. The molecule has 1 aliphatic carbocycles. The molecule has 2 rings (SSSR count). The highest BCUT2D eigenvalue weighted by Gasteiger charge is 2.22. The lowest BCUT2D eigenvalue weighted by molar-refractivity contribution is 0.0875. The molecule has 1 fully saturated rings. The van der Waals surface area contributed by atoms with Crippen molar-refractivity contribution in [3.63, 3.8) is 0 Å². The minimum absolute atomic E-state index is 0.657. The highest BCUT2D eigenvalue weighted by molar-refractivity contribution is 5.53. The normalized spacial score (nSPS) is 15.6. The van der Waals surface area contributed by atoms with Crippen molar-refractivity contribution in [3.8, 4) is 0 Å². The number of aliphatic hydroxyl groups is 1. The number of hydrogen-bond donors (Lipinski definition) is 2. The summed E-state index contributed by atoms with van der Waals surface area (Å²) in [6.45, 7) is 8.34. The molecular formula is C16H26N2O. The lowest BCUT2D eigenvalue weighted by Gasteiger charge is -2.31. The molecular weight excluding hydrogens is 236 g/mol. The van der Waals surface area contributed by atoms with E-state index in [4.69, 9.17) is 0 Å². The summed E-state index contributed by atoms with van der Waals surface area (Å²) in [5.74, 6) is 0. The molecule has 0 amide bonds. The van der Waals surface area contributed by atoms with Crippen LogP contribution in [0.5, 0.6) is 0 Å². The fourth-order valence-corrected chi connectivity index (χ4v) is 2.34. The van der Waals surface area contributed by atoms with Crippen LogP contribution in [0.4, 0.5) is 5.69 Å². The number of anilines is 1. The van der Waals surface area contributed by atoms with Crippen molar-refractivity contribution in [2.24, 2.45) is 0 Å². The van der Waals surface area contributed by atoms with Gasteiger partial charge in [0.1, 0.15) is 0 Å². The van der Waals surface area contributed by atoms with E-state index in [-0.39, 0.29) is 0 Å². The summed E-state index contributed by atoms with van der Waals surface area (Å²) >= 11 is 0. The molecule has 0 aliphatic heterocycles. The van der Waals surface area contributed by atoms with Crippen LogP contribution in [0.2, 0.25) is 0 Å². The minimum atomic E-state index is -0.674. The maximum Gasteiger partial charge on any atom is 0.0765 e. The van der Waals surface area contributed by atoms with E-state index < -0.39 is 5.60 Å². The number of hydrogen-bond acceptors (Lipinski definition) is 3. The molecule has 3 heteroatoms. The maximum atomic E-state index is 10.0. The zero-order valence-electron chi connectivity index (χ0n) is 12.3. The van der Waals surface area contributed by atoms with Gasteiger partial charge in [0.15, 0.2) is 0 Å². The molecule has 1 saturated carbocycles. The van der Waals surface area contributed by atoms with Crippen LogP contribution in [0.25, 0.3) is 0 Å². The number of likely N-dealkylation sites (N-methyl/N-ethyl adjacent to an activating group) is 1. The minimum Gasteiger partial charge on any atom is -0.389 e. The van der Waals surface area contributed by atoms with E-state index in [1.807, 2.05) is 13.8 Å². The van der Waals surface area contributed by atoms with Crippen molar-refractivity contribution in [1.82, 2.24) is 5.32 Å². The van der Waals surface area contributed by atoms with Crippen molar-refractivity contribution in [3.05, 3.63) is 29.8 Å². The van der Waals surface area contributed by atoms with Gasteiger partial charge in [0.25, 0.3) is 0 Å². The van der Waals surface area contributed by atoms with Crippen LogP contribution in [-0.4, -0.2) is 29.8 Å². The van der Waals surface area contributed by atoms with Crippen LogP contribution < -0.4 is 10.2 Å². The average molecular weight is 262 g/mol. The Kier molecular flexibility index (Phi) is 4.48. The Morgan fingerprint density at radius 1 is 1.32 bits per heavy atom. The summed E-state index contributed by atoms with van der Waals surface area (Å²) in [5, 5.41) is 13.6. The molecule has 0 aromatic heterocycles. The van der Waals surface area contributed by atoms with E-state index in [0.717, 1.165) is 19.1 Å². The first-order valence-electron chi connectivity index (χ1n) is 7.28. The van der Waals surface area contributed by atoms with Crippen molar-refractivity contribution >= 4 is 5.69 Å². The maximum absolute atomic E-state index is 10.0. The first-order chi connectivity index (χ1) is 8.99. The summed E-state index contributed by atoms with van der Waals surface area (Å²) in [6.07, 6.45) is 2.62. The van der Waals surface area contributed by atoms with Crippen LogP contribution in [0.1, 0.15) is 39.2 Å². The van der Waals surface area contributed by atoms with Gasteiger partial charge >= 0.3 is 0 Å². The average Bonchev–Trinajstić information content (AvgIpc) is 3.17. The molecule has 0 saturated heterocycles. The van der Waals surface area contributed by atoms with Crippen LogP contribution in [0, 0.1) is 0 Å². The smallest absolute Gasteiger partial charge is 0.0765 e. The molecule has 0 unspecified atom stereocenters. The molecule has 0 radical (unpaired) electrons. The van der Waals surface area contributed by atoms with Gasteiger partial charge in [-0.2, -0.15) is 0 Å². The monoisotopic (exact) mass is 262 g/mol. The van der Waals surface area contributed by atoms with Crippen molar-refractivity contribution < 1.29 is 5.11 Å². The molecule has 19 heavy (non-hydrogen) atoms. The third-order valence-corrected chi connectivity index (χ3v) is 3.45. The Bertz CT molecular complexity index is 407. The molecule has 0 heterocycles. The summed E-state index contributed by atoms with van der Waals surface area (Å²) in [7, 11) is 0. The summed E-state index contributed by atoms with van der Waals surface area (Å²) in [5.41, 5.74) is 1.88. The SMILES string of the molecule is CCN(CC(C)(C)O)c1ccccc1CNC1CC1. The second-order valence-electron chi connectivity index (χ2n) is 6.11. The molecule has 0 spiro atoms. The van der Waals surface area contributed by atoms with E-state index in [1.54, 1.807) is 0 Å². The highest BCUT2D eigenvalue weighted by Crippen LogP contribution is 2.24. The highest BCUT2D eigenvalue weighted by atomic mass is 16.3. The van der Waals surface area contributed by atoms with Crippen molar-refractivity contribution in [2.45, 2.75) is 51.8 Å². The van der Waals surface area contributed by atoms with Crippen molar-refractivity contribution in [1.29, 1.82) is 0 Å². The van der Waals surface area contributed by atoms with Gasteiger partial charge in [-0.3, -0.25) is 0 Å². The fourth-order valence-electron chi connectivity index (χ4n) is 2.34. The lowest BCUT2D eigenvalue weighted by atomic mass is 10.1. The Morgan fingerprint density at radius 2 is 2.00 bits per heavy atom. The second kappa shape index (κ2) is 5.93. The van der Waals surface area contributed by atoms with Gasteiger partial charge in [0, 0.05) is 31.4 Å². The predicted octanol–water partition coefficient (Wildman–Crippen LogP) is 2.54. The Hall–Kier alpha value is -1.06. The van der Waals surface area contributed by atoms with E-state index in [9.17, 15) is 5.11 Å². The van der Waals surface area contributed by atoms with Gasteiger partial charge in [-0.05, 0) is 45.2 Å². The summed E-state index contributed by atoms with van der Waals surface area (Å²) < 4.78 is 0. The zero-order valence-corrected chi connectivity index (χ0v) is 12.3. The van der Waals surface area contributed by atoms with Crippen LogP contribution in [0.15, 0.2) is 24.3 Å². The van der Waals surface area contributed by atoms with Gasteiger partial charge in [0.05, 0.1) is 5.60 Å². The molecule has 1 aromatic rings. The molecule has 3 nitrogen and oxygen atoms in total. The molecule has 106 valence electrons. The number of para-hydroxylation sites is 1. The van der Waals surface area contributed by atoms with E-state index in [1.165, 1.54) is 24.1 Å². The van der Waals surface area contributed by atoms with E-state index >= 15 is 0 Å². The largest absolute Gasteiger partial charge is 0.389 e. The number of rotatable bonds is 7. The van der Waals surface area contributed by atoms with Gasteiger partial charge in [-0.25, -0.2) is 0 Å². The molecule has 0 atom stereocenters. The summed E-state index contributed by atoms with van der Waals surface area (Å²) in [4.78, 5) is 2.25. The zero-order chi connectivity index (χ0) is 13.9. The lowest BCUT2D eigenvalue weighted by Crippen LogP contribution is -2.39. The molecule has 1 aliphatic rings. The van der Waals surface area contributed by atoms with Gasteiger partial charge in [-0.15, -0.1) is 0 Å². The van der Waals surface area contributed by atoms with Gasteiger partial charge < -0.3 is 15.3 Å². The number of nitrogens with zero attached hydrogens (tertiary/aromatic N) is 1.